The van der Waals surface area contributed by atoms with Crippen molar-refractivity contribution in [3.8, 4) is 0 Å². The van der Waals surface area contributed by atoms with Gasteiger partial charge in [-0.1, -0.05) is 11.8 Å². The molecular weight excluding hydrogens is 272 g/mol. The van der Waals surface area contributed by atoms with Crippen molar-refractivity contribution >= 4 is 22.6 Å². The van der Waals surface area contributed by atoms with E-state index in [9.17, 15) is 25.1 Å². The van der Waals surface area contributed by atoms with E-state index in [0.29, 0.717) is 5.56 Å². The fourth-order valence-corrected chi connectivity index (χ4v) is 2.04. The highest BCUT2D eigenvalue weighted by Crippen LogP contribution is 2.23. The molecule has 0 fully saturated rings. The first-order chi connectivity index (χ1) is 8.82. The molecule has 8 heteroatoms. The molecule has 0 aliphatic heterocycles. The molecular formula is C11H14N2O5S. The molecule has 0 saturated carbocycles. The van der Waals surface area contributed by atoms with Crippen molar-refractivity contribution in [1.29, 1.82) is 0 Å². The van der Waals surface area contributed by atoms with Crippen LogP contribution < -0.4 is 0 Å². The summed E-state index contributed by atoms with van der Waals surface area (Å²) >= 11 is 0.891. The molecule has 1 heterocycles. The molecule has 0 spiro atoms. The van der Waals surface area contributed by atoms with Crippen LogP contribution in [-0.2, 0) is 4.79 Å². The molecule has 0 aliphatic carbocycles. The lowest BCUT2D eigenvalue weighted by atomic mass is 10.1. The summed E-state index contributed by atoms with van der Waals surface area (Å²) < 4.78 is 0. The van der Waals surface area contributed by atoms with E-state index in [1.807, 2.05) is 0 Å². The number of thioether (sulfide) groups is 1. The highest BCUT2D eigenvalue weighted by molar-refractivity contribution is 8.13. The third-order valence-corrected chi connectivity index (χ3v) is 3.33. The van der Waals surface area contributed by atoms with E-state index in [1.165, 1.54) is 13.0 Å². The lowest BCUT2D eigenvalue weighted by Gasteiger charge is -2.17. The Kier molecular flexibility index (Phi) is 5.40. The molecule has 0 saturated heterocycles. The first-order valence-electron chi connectivity index (χ1n) is 5.43. The van der Waals surface area contributed by atoms with Gasteiger partial charge in [-0.15, -0.1) is 0 Å². The summed E-state index contributed by atoms with van der Waals surface area (Å²) in [6, 6.07) is 1.27. The Labute approximate surface area is 113 Å². The quantitative estimate of drug-likeness (QED) is 0.612. The van der Waals surface area contributed by atoms with E-state index in [2.05, 4.69) is 4.98 Å². The normalized spacial score (nSPS) is 13.9. The maximum absolute atomic E-state index is 10.8. The van der Waals surface area contributed by atoms with Crippen LogP contribution in [-0.4, -0.2) is 37.1 Å². The van der Waals surface area contributed by atoms with E-state index in [4.69, 9.17) is 0 Å². The predicted molar refractivity (Wildman–Crippen MR) is 69.7 cm³/mol. The molecule has 1 rings (SSSR count). The van der Waals surface area contributed by atoms with Crippen LogP contribution in [0.25, 0.3) is 0 Å². The number of rotatable bonds is 5. The van der Waals surface area contributed by atoms with E-state index >= 15 is 0 Å². The van der Waals surface area contributed by atoms with E-state index in [1.54, 1.807) is 6.92 Å². The number of aliphatic hydroxyl groups excluding tert-OH is 2. The molecule has 2 unspecified atom stereocenters. The molecule has 0 radical (unpaired) electrons. The highest BCUT2D eigenvalue weighted by atomic mass is 32.2. The second-order valence-corrected chi connectivity index (χ2v) is 5.16. The topological polar surface area (TPSA) is 114 Å². The molecule has 0 bridgehead atoms. The van der Waals surface area contributed by atoms with Gasteiger partial charge in [-0.3, -0.25) is 19.9 Å². The van der Waals surface area contributed by atoms with Crippen molar-refractivity contribution < 1.29 is 19.9 Å². The average molecular weight is 286 g/mol. The van der Waals surface area contributed by atoms with Gasteiger partial charge in [0.1, 0.15) is 12.3 Å². The fraction of sp³-hybridized carbons (Fsp3) is 0.455. The van der Waals surface area contributed by atoms with Crippen LogP contribution in [0.1, 0.15) is 24.3 Å². The zero-order valence-corrected chi connectivity index (χ0v) is 11.3. The fourth-order valence-electron chi connectivity index (χ4n) is 1.46. The summed E-state index contributed by atoms with van der Waals surface area (Å²) in [4.78, 5) is 24.5. The number of carbonyl (C=O) groups excluding carboxylic acids is 1. The van der Waals surface area contributed by atoms with E-state index in [0.717, 1.165) is 18.0 Å². The van der Waals surface area contributed by atoms with Crippen LogP contribution in [0.15, 0.2) is 12.3 Å². The smallest absolute Gasteiger partial charge is 0.287 e. The number of nitrogens with zero attached hydrogens (tertiary/aromatic N) is 2. The van der Waals surface area contributed by atoms with Gasteiger partial charge in [0.05, 0.1) is 16.7 Å². The number of hydrogen-bond acceptors (Lipinski definition) is 7. The molecule has 0 aromatic carbocycles. The Bertz CT molecular complexity index is 494. The number of carbonyl (C=O) groups is 1. The van der Waals surface area contributed by atoms with Gasteiger partial charge < -0.3 is 10.2 Å². The van der Waals surface area contributed by atoms with Crippen molar-refractivity contribution in [3.05, 3.63) is 33.6 Å². The molecule has 0 amide bonds. The second-order valence-electron chi connectivity index (χ2n) is 3.97. The van der Waals surface area contributed by atoms with Crippen molar-refractivity contribution in [2.24, 2.45) is 0 Å². The minimum absolute atomic E-state index is 0.0363. The summed E-state index contributed by atoms with van der Waals surface area (Å²) in [5.74, 6) is 0.0363. The summed E-state index contributed by atoms with van der Waals surface area (Å²) in [6.45, 7) is 2.92. The maximum Gasteiger partial charge on any atom is 0.287 e. The van der Waals surface area contributed by atoms with Crippen LogP contribution in [0.4, 0.5) is 5.69 Å². The Balaban J connectivity index is 2.84. The monoisotopic (exact) mass is 286 g/mol. The number of aromatic nitrogens is 1. The van der Waals surface area contributed by atoms with Gasteiger partial charge in [-0.25, -0.2) is 0 Å². The minimum Gasteiger partial charge on any atom is -0.389 e. The van der Waals surface area contributed by atoms with E-state index < -0.39 is 17.1 Å². The molecule has 2 N–H and O–H groups in total. The Morgan fingerprint density at radius 3 is 2.68 bits per heavy atom. The zero-order valence-electron chi connectivity index (χ0n) is 10.4. The molecule has 19 heavy (non-hydrogen) atoms. The minimum atomic E-state index is -1.28. The van der Waals surface area contributed by atoms with Gasteiger partial charge in [0.2, 0.25) is 0 Å². The van der Waals surface area contributed by atoms with Crippen molar-refractivity contribution in [2.45, 2.75) is 26.1 Å². The summed E-state index contributed by atoms with van der Waals surface area (Å²) in [7, 11) is 0. The van der Waals surface area contributed by atoms with Crippen molar-refractivity contribution in [3.63, 3.8) is 0 Å². The van der Waals surface area contributed by atoms with Gasteiger partial charge in [0.15, 0.2) is 5.12 Å². The molecule has 2 atom stereocenters. The van der Waals surface area contributed by atoms with Crippen molar-refractivity contribution in [1.82, 2.24) is 4.98 Å². The average Bonchev–Trinajstić information content (AvgIpc) is 2.34. The van der Waals surface area contributed by atoms with Gasteiger partial charge >= 0.3 is 0 Å². The number of nitro groups is 1. The molecule has 0 aliphatic rings. The Morgan fingerprint density at radius 1 is 1.58 bits per heavy atom. The van der Waals surface area contributed by atoms with Crippen LogP contribution >= 0.6 is 11.8 Å². The Hall–Kier alpha value is -1.51. The van der Waals surface area contributed by atoms with E-state index in [-0.39, 0.29) is 22.2 Å². The molecule has 104 valence electrons. The summed E-state index contributed by atoms with van der Waals surface area (Å²) in [6.07, 6.45) is -1.43. The van der Waals surface area contributed by atoms with Gasteiger partial charge in [0.25, 0.3) is 5.69 Å². The zero-order chi connectivity index (χ0) is 14.6. The van der Waals surface area contributed by atoms with Crippen LogP contribution in [0, 0.1) is 17.0 Å². The lowest BCUT2D eigenvalue weighted by Crippen LogP contribution is -2.23. The third-order valence-electron chi connectivity index (χ3n) is 2.42. The lowest BCUT2D eigenvalue weighted by molar-refractivity contribution is -0.385. The standard InChI is InChI=1S/C11H14N2O5S/c1-6-3-8(13(17)18)4-12-10(6)11(16)9(15)5-19-7(2)14/h3-4,9,11,15-16H,5H2,1-2H3. The first kappa shape index (κ1) is 15.5. The van der Waals surface area contributed by atoms with Gasteiger partial charge in [-0.05, 0) is 12.5 Å². The molecule has 7 nitrogen and oxygen atoms in total. The second kappa shape index (κ2) is 6.60. The Morgan fingerprint density at radius 2 is 2.21 bits per heavy atom. The van der Waals surface area contributed by atoms with Crippen LogP contribution in [0.3, 0.4) is 0 Å². The van der Waals surface area contributed by atoms with Crippen LogP contribution in [0.2, 0.25) is 0 Å². The predicted octanol–water partition coefficient (Wildman–Crippen LogP) is 0.972. The highest BCUT2D eigenvalue weighted by Gasteiger charge is 2.23. The number of pyridine rings is 1. The molecule has 1 aromatic heterocycles. The number of aliphatic hydroxyl groups is 2. The summed E-state index contributed by atoms with van der Waals surface area (Å²) in [5.41, 5.74) is 0.400. The maximum atomic E-state index is 10.8. The third kappa shape index (κ3) is 4.27. The number of aryl methyl sites for hydroxylation is 1. The molecule has 1 aromatic rings. The summed E-state index contributed by atoms with van der Waals surface area (Å²) in [5, 5.41) is 30.0. The first-order valence-corrected chi connectivity index (χ1v) is 6.42. The largest absolute Gasteiger partial charge is 0.389 e. The van der Waals surface area contributed by atoms with Gasteiger partial charge in [0, 0.05) is 18.7 Å². The number of hydrogen-bond donors (Lipinski definition) is 2. The SMILES string of the molecule is CC(=O)SCC(O)C(O)c1ncc([N+](=O)[O-])cc1C. The van der Waals surface area contributed by atoms with Crippen LogP contribution in [0.5, 0.6) is 0 Å². The van der Waals surface area contributed by atoms with Crippen molar-refractivity contribution in [2.75, 3.05) is 5.75 Å². The van der Waals surface area contributed by atoms with Gasteiger partial charge in [-0.2, -0.15) is 0 Å².